The molecule has 0 atom stereocenters. The van der Waals surface area contributed by atoms with E-state index in [1.165, 1.54) is 6.08 Å². The molecule has 2 N–H and O–H groups in total. The van der Waals surface area contributed by atoms with E-state index < -0.39 is 18.5 Å². The molecule has 0 fully saturated rings. The van der Waals surface area contributed by atoms with Crippen molar-refractivity contribution in [2.24, 2.45) is 0 Å². The molecule has 20 heavy (non-hydrogen) atoms. The summed E-state index contributed by atoms with van der Waals surface area (Å²) in [7, 11) is 0. The maximum absolute atomic E-state index is 12.0. The fourth-order valence-electron chi connectivity index (χ4n) is 1.45. The predicted molar refractivity (Wildman–Crippen MR) is 77.3 cm³/mol. The zero-order chi connectivity index (χ0) is 15.1. The summed E-state index contributed by atoms with van der Waals surface area (Å²) in [6, 6.07) is 6.14. The number of rotatable bonds is 5. The van der Waals surface area contributed by atoms with Gasteiger partial charge in [-0.25, -0.2) is 4.79 Å². The van der Waals surface area contributed by atoms with E-state index in [2.05, 4.69) is 27.8 Å². The number of halogens is 1. The molecule has 0 aliphatic heterocycles. The van der Waals surface area contributed by atoms with Crippen LogP contribution in [-0.4, -0.2) is 35.1 Å². The van der Waals surface area contributed by atoms with E-state index in [1.807, 2.05) is 6.07 Å². The average molecular weight is 338 g/mol. The molecule has 0 aliphatic rings. The van der Waals surface area contributed by atoms with Crippen molar-refractivity contribution in [3.8, 4) is 6.07 Å². The van der Waals surface area contributed by atoms with Crippen molar-refractivity contribution < 1.29 is 14.7 Å². The molecule has 0 saturated heterocycles. The lowest BCUT2D eigenvalue weighted by Gasteiger charge is -2.19. The molecule has 1 rings (SSSR count). The zero-order valence-electron chi connectivity index (χ0n) is 10.5. The Bertz CT molecular complexity index is 581. The van der Waals surface area contributed by atoms with Crippen molar-refractivity contribution in [2.75, 3.05) is 18.4 Å². The Hall–Kier alpha value is -2.33. The number of hydrogen-bond acceptors (Lipinski definition) is 3. The topological polar surface area (TPSA) is 93.4 Å². The number of urea groups is 1. The molecule has 0 radical (unpaired) electrons. The predicted octanol–water partition coefficient (Wildman–Crippen LogP) is 2.43. The van der Waals surface area contributed by atoms with Crippen LogP contribution in [0.1, 0.15) is 5.56 Å². The first kappa shape index (κ1) is 15.7. The van der Waals surface area contributed by atoms with Gasteiger partial charge in [-0.15, -0.1) is 6.58 Å². The van der Waals surface area contributed by atoms with Gasteiger partial charge in [-0.2, -0.15) is 5.26 Å². The molecule has 0 heterocycles. The van der Waals surface area contributed by atoms with E-state index in [0.717, 1.165) is 4.90 Å². The molecule has 0 bridgehead atoms. The van der Waals surface area contributed by atoms with E-state index in [0.29, 0.717) is 10.2 Å². The molecule has 6 nitrogen and oxygen atoms in total. The lowest BCUT2D eigenvalue weighted by atomic mass is 10.2. The number of aliphatic carboxylic acids is 1. The Morgan fingerprint density at radius 3 is 2.80 bits per heavy atom. The number of carbonyl (C=O) groups is 2. The number of carboxylic acid groups (broad SMARTS) is 1. The second-order valence-corrected chi connectivity index (χ2v) is 4.71. The molecular weight excluding hydrogens is 326 g/mol. The van der Waals surface area contributed by atoms with Crippen LogP contribution in [0.4, 0.5) is 10.5 Å². The third-order valence-corrected chi connectivity index (χ3v) is 2.80. The highest BCUT2D eigenvalue weighted by Crippen LogP contribution is 2.21. The molecule has 1 aromatic carbocycles. The molecule has 1 aromatic rings. The number of hydrogen-bond donors (Lipinski definition) is 2. The Morgan fingerprint density at radius 1 is 1.55 bits per heavy atom. The van der Waals surface area contributed by atoms with E-state index in [9.17, 15) is 9.59 Å². The van der Waals surface area contributed by atoms with Crippen LogP contribution in [0.2, 0.25) is 0 Å². The smallest absolute Gasteiger partial charge is 0.323 e. The number of anilines is 1. The minimum absolute atomic E-state index is 0.0913. The summed E-state index contributed by atoms with van der Waals surface area (Å²) in [6.07, 6.45) is 1.43. The number of carbonyl (C=O) groups excluding carboxylic acids is 1. The molecule has 0 saturated carbocycles. The van der Waals surface area contributed by atoms with Gasteiger partial charge in [0.15, 0.2) is 0 Å². The molecule has 104 valence electrons. The summed E-state index contributed by atoms with van der Waals surface area (Å²) in [5.41, 5.74) is 0.599. The largest absolute Gasteiger partial charge is 0.480 e. The Labute approximate surface area is 124 Å². The van der Waals surface area contributed by atoms with Crippen molar-refractivity contribution in [2.45, 2.75) is 0 Å². The van der Waals surface area contributed by atoms with Gasteiger partial charge in [-0.3, -0.25) is 4.79 Å². The van der Waals surface area contributed by atoms with Gasteiger partial charge < -0.3 is 15.3 Å². The van der Waals surface area contributed by atoms with Crippen molar-refractivity contribution in [3.63, 3.8) is 0 Å². The summed E-state index contributed by atoms with van der Waals surface area (Å²) in [6.45, 7) is 3.11. The van der Waals surface area contributed by atoms with Crippen molar-refractivity contribution >= 4 is 33.6 Å². The normalized spacial score (nSPS) is 9.40. The van der Waals surface area contributed by atoms with Gasteiger partial charge in [0, 0.05) is 11.0 Å². The highest BCUT2D eigenvalue weighted by molar-refractivity contribution is 9.10. The minimum atomic E-state index is -1.13. The van der Waals surface area contributed by atoms with Crippen LogP contribution in [0.15, 0.2) is 35.3 Å². The van der Waals surface area contributed by atoms with E-state index >= 15 is 0 Å². The third-order valence-electron chi connectivity index (χ3n) is 2.31. The first-order valence-corrected chi connectivity index (χ1v) is 6.35. The molecule has 0 aliphatic carbocycles. The fraction of sp³-hybridized carbons (Fsp3) is 0.154. The number of carboxylic acids is 1. The van der Waals surface area contributed by atoms with Crippen LogP contribution in [-0.2, 0) is 4.79 Å². The first-order chi connectivity index (χ1) is 9.47. The van der Waals surface area contributed by atoms with Gasteiger partial charge in [-0.05, 0) is 18.2 Å². The van der Waals surface area contributed by atoms with Gasteiger partial charge in [0.05, 0.1) is 11.3 Å². The summed E-state index contributed by atoms with van der Waals surface area (Å²) < 4.78 is 0.695. The second kappa shape index (κ2) is 7.31. The first-order valence-electron chi connectivity index (χ1n) is 5.56. The Morgan fingerprint density at radius 2 is 2.25 bits per heavy atom. The summed E-state index contributed by atoms with van der Waals surface area (Å²) in [5, 5.41) is 20.2. The maximum Gasteiger partial charge on any atom is 0.323 e. The zero-order valence-corrected chi connectivity index (χ0v) is 12.1. The van der Waals surface area contributed by atoms with Gasteiger partial charge in [-0.1, -0.05) is 22.0 Å². The number of amides is 2. The van der Waals surface area contributed by atoms with Crippen molar-refractivity contribution in [1.82, 2.24) is 4.90 Å². The van der Waals surface area contributed by atoms with E-state index in [-0.39, 0.29) is 12.1 Å². The number of nitriles is 1. The van der Waals surface area contributed by atoms with Crippen LogP contribution in [0.5, 0.6) is 0 Å². The van der Waals surface area contributed by atoms with Gasteiger partial charge in [0.1, 0.15) is 12.6 Å². The van der Waals surface area contributed by atoms with Gasteiger partial charge >= 0.3 is 12.0 Å². The maximum atomic E-state index is 12.0. The molecular formula is C13H12BrN3O3. The molecule has 7 heteroatoms. The van der Waals surface area contributed by atoms with E-state index in [4.69, 9.17) is 10.4 Å². The lowest BCUT2D eigenvalue weighted by molar-refractivity contribution is -0.137. The number of benzene rings is 1. The van der Waals surface area contributed by atoms with Crippen LogP contribution >= 0.6 is 15.9 Å². The number of nitrogens with zero attached hydrogens (tertiary/aromatic N) is 2. The summed E-state index contributed by atoms with van der Waals surface area (Å²) >= 11 is 3.24. The number of nitrogens with one attached hydrogen (secondary N) is 1. The average Bonchev–Trinajstić information content (AvgIpc) is 2.38. The molecule has 0 aromatic heterocycles. The lowest BCUT2D eigenvalue weighted by Crippen LogP contribution is -2.38. The van der Waals surface area contributed by atoms with Crippen LogP contribution in [0.25, 0.3) is 0 Å². The standard InChI is InChI=1S/C13H12BrN3O3/c1-2-5-17(8-12(18)19)13(20)16-11-6-10(14)4-3-9(11)7-15/h2-4,6H,1,5,8H2,(H,16,20)(H,18,19). The fourth-order valence-corrected chi connectivity index (χ4v) is 1.81. The third kappa shape index (κ3) is 4.40. The molecule has 0 spiro atoms. The van der Waals surface area contributed by atoms with Crippen LogP contribution in [0, 0.1) is 11.3 Å². The second-order valence-electron chi connectivity index (χ2n) is 3.79. The summed E-state index contributed by atoms with van der Waals surface area (Å²) in [4.78, 5) is 23.8. The Balaban J connectivity index is 2.93. The highest BCUT2D eigenvalue weighted by Gasteiger charge is 2.16. The van der Waals surface area contributed by atoms with Gasteiger partial charge in [0.25, 0.3) is 0 Å². The van der Waals surface area contributed by atoms with Gasteiger partial charge in [0.2, 0.25) is 0 Å². The van der Waals surface area contributed by atoms with E-state index in [1.54, 1.807) is 18.2 Å². The van der Waals surface area contributed by atoms with Crippen LogP contribution < -0.4 is 5.32 Å². The minimum Gasteiger partial charge on any atom is -0.480 e. The Kier molecular flexibility index (Phi) is 5.74. The SMILES string of the molecule is C=CCN(CC(=O)O)C(=O)Nc1cc(Br)ccc1C#N. The van der Waals surface area contributed by atoms with Crippen molar-refractivity contribution in [3.05, 3.63) is 40.9 Å². The quantitative estimate of drug-likeness (QED) is 0.807. The van der Waals surface area contributed by atoms with Crippen molar-refractivity contribution in [1.29, 1.82) is 5.26 Å². The molecule has 2 amide bonds. The van der Waals surface area contributed by atoms with Crippen LogP contribution in [0.3, 0.4) is 0 Å². The summed E-state index contributed by atoms with van der Waals surface area (Å²) in [5.74, 6) is -1.13. The molecule has 0 unspecified atom stereocenters. The monoisotopic (exact) mass is 337 g/mol. The highest BCUT2D eigenvalue weighted by atomic mass is 79.9.